The molecule has 0 bridgehead atoms. The Morgan fingerprint density at radius 1 is 1.11 bits per heavy atom. The van der Waals surface area contributed by atoms with Crippen LogP contribution in [0.4, 0.5) is 0 Å². The Labute approximate surface area is 135 Å². The molecule has 0 radical (unpaired) electrons. The largest absolute Gasteiger partial charge is 1.00 e. The molecular weight excluding hydrogens is 342 g/mol. The van der Waals surface area contributed by atoms with Crippen molar-refractivity contribution in [1.29, 1.82) is 0 Å². The SMILES string of the molecule is CCCCCC1=[C]([Zr+2][C]2=CC=CC2)CC=C1.[Cl-].[Cl-]. The van der Waals surface area contributed by atoms with Crippen LogP contribution in [-0.2, 0) is 23.2 Å². The molecule has 0 amide bonds. The van der Waals surface area contributed by atoms with E-state index < -0.39 is 23.2 Å². The van der Waals surface area contributed by atoms with Crippen LogP contribution in [0.15, 0.2) is 42.5 Å². The van der Waals surface area contributed by atoms with Gasteiger partial charge in [0.2, 0.25) is 0 Å². The van der Waals surface area contributed by atoms with Gasteiger partial charge in [0.05, 0.1) is 0 Å². The maximum Gasteiger partial charge on any atom is -1.00 e. The summed E-state index contributed by atoms with van der Waals surface area (Å²) in [6.07, 6.45) is 19.6. The van der Waals surface area contributed by atoms with Gasteiger partial charge in [-0.1, -0.05) is 0 Å². The Balaban J connectivity index is 0.00000144. The Bertz CT molecular complexity index is 365. The fourth-order valence-corrected chi connectivity index (χ4v) is 5.60. The molecule has 3 heteroatoms. The van der Waals surface area contributed by atoms with E-state index in [4.69, 9.17) is 0 Å². The molecule has 0 saturated carbocycles. The van der Waals surface area contributed by atoms with Crippen LogP contribution >= 0.6 is 0 Å². The summed E-state index contributed by atoms with van der Waals surface area (Å²) in [4.78, 5) is 0. The van der Waals surface area contributed by atoms with Gasteiger partial charge in [0, 0.05) is 0 Å². The van der Waals surface area contributed by atoms with Crippen molar-refractivity contribution in [2.45, 2.75) is 45.4 Å². The minimum Gasteiger partial charge on any atom is -1.00 e. The zero-order valence-corrected chi connectivity index (χ0v) is 14.9. The molecule has 98 valence electrons. The molecule has 18 heavy (non-hydrogen) atoms. The minimum atomic E-state index is -0.396. The summed E-state index contributed by atoms with van der Waals surface area (Å²) in [6, 6.07) is 0. The van der Waals surface area contributed by atoms with Crippen LogP contribution in [0, 0.1) is 0 Å². The van der Waals surface area contributed by atoms with E-state index in [-0.39, 0.29) is 24.8 Å². The van der Waals surface area contributed by atoms with Crippen molar-refractivity contribution in [1.82, 2.24) is 0 Å². The first-order valence-corrected chi connectivity index (χ1v) is 8.87. The number of rotatable bonds is 6. The van der Waals surface area contributed by atoms with Crippen molar-refractivity contribution in [3.05, 3.63) is 42.5 Å². The molecule has 0 atom stereocenters. The van der Waals surface area contributed by atoms with Crippen molar-refractivity contribution in [3.63, 3.8) is 0 Å². The summed E-state index contributed by atoms with van der Waals surface area (Å²) < 4.78 is 3.60. The monoisotopic (exact) mass is 360 g/mol. The molecule has 0 nitrogen and oxygen atoms in total. The molecule has 0 heterocycles. The summed E-state index contributed by atoms with van der Waals surface area (Å²) in [6.45, 7) is 2.28. The van der Waals surface area contributed by atoms with Gasteiger partial charge in [-0.3, -0.25) is 0 Å². The van der Waals surface area contributed by atoms with Gasteiger partial charge in [-0.25, -0.2) is 0 Å². The van der Waals surface area contributed by atoms with Gasteiger partial charge >= 0.3 is 111 Å². The van der Waals surface area contributed by atoms with Gasteiger partial charge in [-0.2, -0.15) is 0 Å². The second-order valence-electron chi connectivity index (χ2n) is 4.52. The van der Waals surface area contributed by atoms with Crippen LogP contribution in [0.3, 0.4) is 0 Å². The Morgan fingerprint density at radius 2 is 1.94 bits per heavy atom. The number of hydrogen-bond donors (Lipinski definition) is 0. The molecule has 0 N–H and O–H groups in total. The van der Waals surface area contributed by atoms with Crippen LogP contribution in [0.25, 0.3) is 0 Å². The Morgan fingerprint density at radius 3 is 2.61 bits per heavy atom. The van der Waals surface area contributed by atoms with Gasteiger partial charge in [0.1, 0.15) is 0 Å². The number of allylic oxidation sites excluding steroid dienone is 8. The van der Waals surface area contributed by atoms with E-state index >= 15 is 0 Å². The first kappa shape index (κ1) is 18.4. The summed E-state index contributed by atoms with van der Waals surface area (Å²) in [7, 11) is 0. The van der Waals surface area contributed by atoms with Crippen LogP contribution in [0.2, 0.25) is 0 Å². The third-order valence-corrected chi connectivity index (χ3v) is 6.89. The van der Waals surface area contributed by atoms with E-state index in [0.717, 1.165) is 0 Å². The fourth-order valence-electron chi connectivity index (χ4n) is 2.22. The van der Waals surface area contributed by atoms with Gasteiger partial charge in [-0.05, 0) is 0 Å². The van der Waals surface area contributed by atoms with Crippen LogP contribution in [-0.4, -0.2) is 0 Å². The molecule has 2 aliphatic rings. The summed E-state index contributed by atoms with van der Waals surface area (Å²) in [5.74, 6) is 0. The van der Waals surface area contributed by atoms with Gasteiger partial charge < -0.3 is 24.8 Å². The summed E-state index contributed by atoms with van der Waals surface area (Å²) >= 11 is -0.396. The van der Waals surface area contributed by atoms with Gasteiger partial charge in [-0.15, -0.1) is 0 Å². The van der Waals surface area contributed by atoms with E-state index in [2.05, 4.69) is 37.3 Å². The summed E-state index contributed by atoms with van der Waals surface area (Å²) in [5, 5.41) is 0. The first-order chi connectivity index (χ1) is 7.90. The predicted molar refractivity (Wildman–Crippen MR) is 66.8 cm³/mol. The molecule has 0 aromatic carbocycles. The Kier molecular flexibility index (Phi) is 10.5. The van der Waals surface area contributed by atoms with E-state index in [0.29, 0.717) is 0 Å². The quantitative estimate of drug-likeness (QED) is 0.516. The third-order valence-electron chi connectivity index (χ3n) is 3.16. The average molecular weight is 362 g/mol. The number of unbranched alkanes of at least 4 members (excludes halogenated alkanes) is 2. The van der Waals surface area contributed by atoms with Crippen molar-refractivity contribution >= 4 is 0 Å². The van der Waals surface area contributed by atoms with Gasteiger partial charge in [0.25, 0.3) is 0 Å². The standard InChI is InChI=1S/C10H15.C5H5.2ClH.Zr/c1-2-3-4-7-10-8-5-6-9-10;1-2-4-5-3-1;;;/h5,8H,2-4,6-7H2,1H3;1-3H,4H2;2*1H;/q;;;;+2/p-2. The molecule has 0 aliphatic heterocycles. The summed E-state index contributed by atoms with van der Waals surface area (Å²) in [5.41, 5.74) is 1.70. The van der Waals surface area contributed by atoms with Crippen LogP contribution in [0.1, 0.15) is 45.4 Å². The van der Waals surface area contributed by atoms with Crippen LogP contribution in [0.5, 0.6) is 0 Å². The molecular formula is C15H20Cl2Zr. The number of halogens is 2. The van der Waals surface area contributed by atoms with E-state index in [1.165, 1.54) is 38.5 Å². The van der Waals surface area contributed by atoms with Crippen LogP contribution < -0.4 is 24.8 Å². The molecule has 2 rings (SSSR count). The second kappa shape index (κ2) is 10.2. The van der Waals surface area contributed by atoms with Crippen molar-refractivity contribution < 1.29 is 48.0 Å². The minimum absolute atomic E-state index is 0. The Hall–Kier alpha value is 0.423. The molecule has 0 aromatic rings. The van der Waals surface area contributed by atoms with Crippen molar-refractivity contribution in [2.24, 2.45) is 0 Å². The number of hydrogen-bond acceptors (Lipinski definition) is 0. The molecule has 0 aromatic heterocycles. The van der Waals surface area contributed by atoms with Crippen molar-refractivity contribution in [3.8, 4) is 0 Å². The topological polar surface area (TPSA) is 0 Å². The molecule has 0 saturated heterocycles. The normalized spacial score (nSPS) is 16.2. The molecule has 2 aliphatic carbocycles. The van der Waals surface area contributed by atoms with E-state index in [1.54, 1.807) is 8.85 Å². The van der Waals surface area contributed by atoms with Crippen molar-refractivity contribution in [2.75, 3.05) is 0 Å². The zero-order valence-electron chi connectivity index (χ0n) is 10.9. The zero-order chi connectivity index (χ0) is 11.2. The average Bonchev–Trinajstić information content (AvgIpc) is 2.92. The molecule has 0 spiro atoms. The predicted octanol–water partition coefficient (Wildman–Crippen LogP) is -1.28. The van der Waals surface area contributed by atoms with E-state index in [1.807, 2.05) is 3.28 Å². The maximum atomic E-state index is 2.40. The second-order valence-corrected chi connectivity index (χ2v) is 8.19. The van der Waals surface area contributed by atoms with Gasteiger partial charge in [0.15, 0.2) is 0 Å². The fraction of sp³-hybridized carbons (Fsp3) is 0.467. The first-order valence-electron chi connectivity index (χ1n) is 6.41. The maximum absolute atomic E-state index is 2.40. The smallest absolute Gasteiger partial charge is 1.00 e. The molecule has 0 fully saturated rings. The molecule has 0 unspecified atom stereocenters. The third kappa shape index (κ3) is 5.60. The van der Waals surface area contributed by atoms with E-state index in [9.17, 15) is 0 Å².